The maximum absolute atomic E-state index is 10.2. The predicted molar refractivity (Wildman–Crippen MR) is 150 cm³/mol. The van der Waals surface area contributed by atoms with Crippen LogP contribution in [0.5, 0.6) is 0 Å². The minimum absolute atomic E-state index is 0.186. The highest BCUT2D eigenvalue weighted by molar-refractivity contribution is 6.74. The molecule has 0 aromatic rings. The summed E-state index contributed by atoms with van der Waals surface area (Å²) in [7, 11) is -1.54. The number of aliphatic hydroxyl groups excluding tert-OH is 1. The molecule has 0 aliphatic heterocycles. The van der Waals surface area contributed by atoms with Crippen molar-refractivity contribution < 1.29 is 9.53 Å². The number of hydrogen-bond acceptors (Lipinski definition) is 2. The molecular weight excluding hydrogens is 420 g/mol. The summed E-state index contributed by atoms with van der Waals surface area (Å²) in [5.74, 6) is 0. The average molecular weight is 481 g/mol. The van der Waals surface area contributed by atoms with E-state index in [0.29, 0.717) is 10.5 Å². The van der Waals surface area contributed by atoms with E-state index in [1.54, 1.807) is 5.57 Å². The molecule has 1 unspecified atom stereocenters. The van der Waals surface area contributed by atoms with Crippen LogP contribution in [0.25, 0.3) is 0 Å². The van der Waals surface area contributed by atoms with Crippen LogP contribution in [0, 0.1) is 5.41 Å². The zero-order chi connectivity index (χ0) is 25.0. The Kier molecular flexibility index (Phi) is 14.1. The first-order valence-corrected chi connectivity index (χ1v) is 17.3. The van der Waals surface area contributed by atoms with Gasteiger partial charge in [0.25, 0.3) is 0 Å². The molecule has 3 heteroatoms. The lowest BCUT2D eigenvalue weighted by Crippen LogP contribution is -2.40. The van der Waals surface area contributed by atoms with Crippen LogP contribution in [0.3, 0.4) is 0 Å². The van der Waals surface area contributed by atoms with Crippen molar-refractivity contribution in [1.29, 1.82) is 0 Å². The normalized spacial score (nSPS) is 19.4. The van der Waals surface area contributed by atoms with Gasteiger partial charge in [0.1, 0.15) is 0 Å². The van der Waals surface area contributed by atoms with Gasteiger partial charge in [0.05, 0.1) is 6.10 Å². The zero-order valence-corrected chi connectivity index (χ0v) is 25.0. The third-order valence-corrected chi connectivity index (χ3v) is 13.2. The first-order chi connectivity index (χ1) is 15.4. The van der Waals surface area contributed by atoms with E-state index in [1.165, 1.54) is 95.5 Å². The predicted octanol–water partition coefficient (Wildman–Crippen LogP) is 9.97. The van der Waals surface area contributed by atoms with E-state index in [2.05, 4.69) is 54.6 Å². The Bertz CT molecular complexity index is 556. The molecule has 0 spiro atoms. The molecule has 0 heterocycles. The van der Waals surface area contributed by atoms with Gasteiger partial charge in [-0.2, -0.15) is 0 Å². The van der Waals surface area contributed by atoms with Crippen molar-refractivity contribution in [3.63, 3.8) is 0 Å². The maximum Gasteiger partial charge on any atom is 0.191 e. The van der Waals surface area contributed by atoms with Crippen LogP contribution >= 0.6 is 0 Å². The summed E-state index contributed by atoms with van der Waals surface area (Å²) < 4.78 is 6.28. The third kappa shape index (κ3) is 11.9. The molecule has 0 saturated heterocycles. The lowest BCUT2D eigenvalue weighted by Gasteiger charge is -2.37. The van der Waals surface area contributed by atoms with Crippen LogP contribution in [-0.2, 0) is 4.43 Å². The van der Waals surface area contributed by atoms with Crippen molar-refractivity contribution in [1.82, 2.24) is 0 Å². The lowest BCUT2D eigenvalue weighted by molar-refractivity contribution is 0.158. The topological polar surface area (TPSA) is 29.5 Å². The highest BCUT2D eigenvalue weighted by atomic mass is 28.4. The van der Waals surface area contributed by atoms with Crippen LogP contribution in [0.4, 0.5) is 0 Å². The summed E-state index contributed by atoms with van der Waals surface area (Å²) in [5, 5.41) is 10.5. The van der Waals surface area contributed by atoms with E-state index in [0.717, 1.165) is 19.4 Å². The monoisotopic (exact) mass is 480 g/mol. The number of allylic oxidation sites excluding steroid dienone is 1. The molecule has 1 aliphatic rings. The van der Waals surface area contributed by atoms with E-state index in [1.807, 2.05) is 0 Å². The molecule has 1 atom stereocenters. The molecule has 1 rings (SSSR count). The van der Waals surface area contributed by atoms with Crippen molar-refractivity contribution in [2.45, 2.75) is 169 Å². The third-order valence-electron chi connectivity index (χ3n) is 8.68. The van der Waals surface area contributed by atoms with E-state index < -0.39 is 8.32 Å². The average Bonchev–Trinajstić information content (AvgIpc) is 2.72. The van der Waals surface area contributed by atoms with Crippen molar-refractivity contribution >= 4 is 8.32 Å². The highest BCUT2D eigenvalue weighted by Crippen LogP contribution is 2.42. The van der Waals surface area contributed by atoms with Crippen LogP contribution in [0.2, 0.25) is 18.1 Å². The largest absolute Gasteiger partial charge is 0.417 e. The van der Waals surface area contributed by atoms with Crippen molar-refractivity contribution in [2.75, 3.05) is 6.61 Å². The summed E-state index contributed by atoms with van der Waals surface area (Å²) in [6, 6.07) is 0. The summed E-state index contributed by atoms with van der Waals surface area (Å²) >= 11 is 0. The van der Waals surface area contributed by atoms with Gasteiger partial charge < -0.3 is 9.53 Å². The summed E-state index contributed by atoms with van der Waals surface area (Å²) in [6.45, 7) is 19.5. The van der Waals surface area contributed by atoms with Gasteiger partial charge in [0.2, 0.25) is 0 Å². The van der Waals surface area contributed by atoms with Gasteiger partial charge in [-0.3, -0.25) is 0 Å². The molecule has 1 aliphatic carbocycles. The lowest BCUT2D eigenvalue weighted by atomic mass is 9.70. The van der Waals surface area contributed by atoms with E-state index >= 15 is 0 Å². The first-order valence-electron chi connectivity index (χ1n) is 14.4. The Hall–Kier alpha value is -0.123. The fourth-order valence-corrected chi connectivity index (χ4v) is 6.12. The van der Waals surface area contributed by atoms with Gasteiger partial charge in [-0.1, -0.05) is 111 Å². The molecular formula is C30H60O2Si. The molecule has 196 valence electrons. The van der Waals surface area contributed by atoms with Gasteiger partial charge in [-0.05, 0) is 68.1 Å². The molecule has 0 amide bonds. The zero-order valence-electron chi connectivity index (χ0n) is 24.0. The quantitative estimate of drug-likeness (QED) is 0.127. The second-order valence-electron chi connectivity index (χ2n) is 13.1. The summed E-state index contributed by atoms with van der Waals surface area (Å²) in [5.41, 5.74) is 3.11. The molecule has 0 radical (unpaired) electrons. The maximum atomic E-state index is 10.2. The first kappa shape index (κ1) is 30.9. The smallest absolute Gasteiger partial charge is 0.191 e. The molecule has 0 bridgehead atoms. The van der Waals surface area contributed by atoms with Crippen LogP contribution in [-0.4, -0.2) is 26.1 Å². The number of rotatable bonds is 17. The number of aliphatic hydroxyl groups is 1. The number of unbranched alkanes of at least 4 members (excludes halogenated alkanes) is 12. The second kappa shape index (κ2) is 15.1. The van der Waals surface area contributed by atoms with Gasteiger partial charge in [0, 0.05) is 6.61 Å². The Balaban J connectivity index is 1.91. The molecule has 0 saturated carbocycles. The van der Waals surface area contributed by atoms with Crippen LogP contribution < -0.4 is 0 Å². The van der Waals surface area contributed by atoms with Crippen molar-refractivity contribution in [3.05, 3.63) is 11.1 Å². The molecule has 33 heavy (non-hydrogen) atoms. The SMILES string of the molecule is CC1=C(CCCCCCCCCCCCCCCO[Si](C)(C)C(C)(C)C)C(C)(C)CCC1O. The molecule has 1 N–H and O–H groups in total. The standard InChI is InChI=1S/C30H60O2Si/c1-26-27(30(5,6)24-23-28(26)31)22-20-18-16-14-12-10-9-11-13-15-17-19-21-25-32-33(7,8)29(2,3)4/h28,31H,9-25H2,1-8H3. The minimum Gasteiger partial charge on any atom is -0.417 e. The molecule has 2 nitrogen and oxygen atoms in total. The Morgan fingerprint density at radius 2 is 1.24 bits per heavy atom. The van der Waals surface area contributed by atoms with Gasteiger partial charge in [-0.15, -0.1) is 0 Å². The van der Waals surface area contributed by atoms with E-state index in [4.69, 9.17) is 4.43 Å². The van der Waals surface area contributed by atoms with Crippen LogP contribution in [0.1, 0.15) is 144 Å². The summed E-state index contributed by atoms with van der Waals surface area (Å²) in [6.07, 6.45) is 21.0. The Labute approximate surface area is 209 Å². The van der Waals surface area contributed by atoms with E-state index in [-0.39, 0.29) is 6.10 Å². The molecule has 0 fully saturated rings. The summed E-state index contributed by atoms with van der Waals surface area (Å²) in [4.78, 5) is 0. The minimum atomic E-state index is -1.54. The Morgan fingerprint density at radius 3 is 1.70 bits per heavy atom. The van der Waals surface area contributed by atoms with E-state index in [9.17, 15) is 5.11 Å². The molecule has 0 aromatic heterocycles. The van der Waals surface area contributed by atoms with Gasteiger partial charge in [-0.25, -0.2) is 0 Å². The van der Waals surface area contributed by atoms with Gasteiger partial charge >= 0.3 is 0 Å². The second-order valence-corrected chi connectivity index (χ2v) is 17.9. The number of hydrogen-bond donors (Lipinski definition) is 1. The highest BCUT2D eigenvalue weighted by Gasteiger charge is 2.36. The molecule has 0 aromatic carbocycles. The van der Waals surface area contributed by atoms with Crippen molar-refractivity contribution in [2.24, 2.45) is 5.41 Å². The fourth-order valence-electron chi connectivity index (χ4n) is 5.03. The van der Waals surface area contributed by atoms with Crippen LogP contribution in [0.15, 0.2) is 11.1 Å². The fraction of sp³-hybridized carbons (Fsp3) is 0.933. The Morgan fingerprint density at radius 1 is 0.818 bits per heavy atom. The van der Waals surface area contributed by atoms with Gasteiger partial charge in [0.15, 0.2) is 8.32 Å². The van der Waals surface area contributed by atoms with Crippen molar-refractivity contribution in [3.8, 4) is 0 Å².